The number of nitrogens with one attached hydrogen (secondary N) is 2. The number of fused-ring (bicyclic) bond motifs is 1. The van der Waals surface area contributed by atoms with Gasteiger partial charge >= 0.3 is 6.03 Å². The molecular formula is C17H14FN3O. The second-order valence-electron chi connectivity index (χ2n) is 4.80. The number of hydrogen-bond acceptors (Lipinski definition) is 2. The van der Waals surface area contributed by atoms with Crippen LogP contribution in [0.25, 0.3) is 10.8 Å². The zero-order valence-corrected chi connectivity index (χ0v) is 11.7. The first-order valence-corrected chi connectivity index (χ1v) is 6.85. The molecule has 5 heteroatoms. The van der Waals surface area contributed by atoms with Crippen LogP contribution >= 0.6 is 0 Å². The van der Waals surface area contributed by atoms with Crippen molar-refractivity contribution in [3.63, 3.8) is 0 Å². The smallest absolute Gasteiger partial charge is 0.319 e. The van der Waals surface area contributed by atoms with Gasteiger partial charge in [0.05, 0.1) is 12.2 Å². The van der Waals surface area contributed by atoms with Gasteiger partial charge in [-0.3, -0.25) is 4.98 Å². The van der Waals surface area contributed by atoms with Crippen molar-refractivity contribution in [3.05, 3.63) is 72.3 Å². The van der Waals surface area contributed by atoms with E-state index in [1.807, 2.05) is 30.3 Å². The van der Waals surface area contributed by atoms with Gasteiger partial charge in [-0.2, -0.15) is 0 Å². The molecule has 1 aromatic heterocycles. The van der Waals surface area contributed by atoms with Crippen LogP contribution in [0.5, 0.6) is 0 Å². The molecule has 0 spiro atoms. The van der Waals surface area contributed by atoms with Crippen LogP contribution in [0.1, 0.15) is 5.69 Å². The number of halogens is 1. The largest absolute Gasteiger partial charge is 0.332 e. The SMILES string of the molecule is O=C(NCc1nccc2ccccc12)Nc1cccc(F)c1. The topological polar surface area (TPSA) is 54.0 Å². The molecule has 1 heterocycles. The maximum absolute atomic E-state index is 13.1. The van der Waals surface area contributed by atoms with Crippen molar-refractivity contribution >= 4 is 22.5 Å². The molecule has 0 saturated heterocycles. The Labute approximate surface area is 127 Å². The molecule has 22 heavy (non-hydrogen) atoms. The summed E-state index contributed by atoms with van der Waals surface area (Å²) in [6.45, 7) is 0.294. The molecule has 3 aromatic rings. The molecule has 3 rings (SSSR count). The van der Waals surface area contributed by atoms with Gasteiger partial charge in [-0.1, -0.05) is 30.3 Å². The minimum Gasteiger partial charge on any atom is -0.332 e. The summed E-state index contributed by atoms with van der Waals surface area (Å²) in [6, 6.07) is 15.1. The Morgan fingerprint density at radius 1 is 1.09 bits per heavy atom. The Morgan fingerprint density at radius 3 is 2.82 bits per heavy atom. The van der Waals surface area contributed by atoms with Crippen LogP contribution in [0.4, 0.5) is 14.9 Å². The highest BCUT2D eigenvalue weighted by atomic mass is 19.1. The highest BCUT2D eigenvalue weighted by Crippen LogP contribution is 2.16. The predicted octanol–water partition coefficient (Wildman–Crippen LogP) is 3.70. The molecule has 2 aromatic carbocycles. The molecule has 110 valence electrons. The third-order valence-corrected chi connectivity index (χ3v) is 3.26. The predicted molar refractivity (Wildman–Crippen MR) is 84.0 cm³/mol. The average Bonchev–Trinajstić information content (AvgIpc) is 2.53. The van der Waals surface area contributed by atoms with E-state index in [4.69, 9.17) is 0 Å². The molecule has 4 nitrogen and oxygen atoms in total. The van der Waals surface area contributed by atoms with Crippen molar-refractivity contribution < 1.29 is 9.18 Å². The van der Waals surface area contributed by atoms with E-state index < -0.39 is 11.8 Å². The van der Waals surface area contributed by atoms with E-state index in [0.717, 1.165) is 16.5 Å². The second-order valence-corrected chi connectivity index (χ2v) is 4.80. The normalized spacial score (nSPS) is 10.4. The van der Waals surface area contributed by atoms with Crippen LogP contribution in [0.2, 0.25) is 0 Å². The van der Waals surface area contributed by atoms with E-state index in [-0.39, 0.29) is 0 Å². The molecule has 0 aliphatic heterocycles. The highest BCUT2D eigenvalue weighted by Gasteiger charge is 2.05. The van der Waals surface area contributed by atoms with Gasteiger partial charge in [0.1, 0.15) is 5.82 Å². The number of hydrogen-bond donors (Lipinski definition) is 2. The summed E-state index contributed by atoms with van der Waals surface area (Å²) in [5, 5.41) is 7.37. The lowest BCUT2D eigenvalue weighted by Crippen LogP contribution is -2.28. The summed E-state index contributed by atoms with van der Waals surface area (Å²) >= 11 is 0. The van der Waals surface area contributed by atoms with Crippen LogP contribution < -0.4 is 10.6 Å². The van der Waals surface area contributed by atoms with Crippen molar-refractivity contribution in [2.75, 3.05) is 5.32 Å². The van der Waals surface area contributed by atoms with E-state index in [9.17, 15) is 9.18 Å². The van der Waals surface area contributed by atoms with Crippen LogP contribution in [0, 0.1) is 5.82 Å². The summed E-state index contributed by atoms with van der Waals surface area (Å²) < 4.78 is 13.1. The van der Waals surface area contributed by atoms with Crippen LogP contribution in [-0.2, 0) is 6.54 Å². The fourth-order valence-corrected chi connectivity index (χ4v) is 2.23. The van der Waals surface area contributed by atoms with Gasteiger partial charge in [0.2, 0.25) is 0 Å². The first-order valence-electron chi connectivity index (χ1n) is 6.85. The third kappa shape index (κ3) is 3.20. The minimum absolute atomic E-state index is 0.294. The number of anilines is 1. The molecule has 0 radical (unpaired) electrons. The van der Waals surface area contributed by atoms with E-state index in [0.29, 0.717) is 12.2 Å². The van der Waals surface area contributed by atoms with Gasteiger partial charge < -0.3 is 10.6 Å². The van der Waals surface area contributed by atoms with Gasteiger partial charge in [0.15, 0.2) is 0 Å². The maximum atomic E-state index is 13.1. The van der Waals surface area contributed by atoms with Gasteiger partial charge in [-0.15, -0.1) is 0 Å². The molecule has 2 amide bonds. The number of rotatable bonds is 3. The zero-order chi connectivity index (χ0) is 15.4. The van der Waals surface area contributed by atoms with Crippen molar-refractivity contribution in [2.24, 2.45) is 0 Å². The second kappa shape index (κ2) is 6.22. The number of pyridine rings is 1. The molecule has 0 fully saturated rings. The standard InChI is InChI=1S/C17H14FN3O/c18-13-5-3-6-14(10-13)21-17(22)20-11-16-15-7-2-1-4-12(15)8-9-19-16/h1-10H,11H2,(H2,20,21,22). The van der Waals surface area contributed by atoms with E-state index in [1.54, 1.807) is 12.3 Å². The summed E-state index contributed by atoms with van der Waals surface area (Å²) in [6.07, 6.45) is 1.71. The first kappa shape index (κ1) is 14.0. The van der Waals surface area contributed by atoms with Crippen molar-refractivity contribution in [1.29, 1.82) is 0 Å². The Balaban J connectivity index is 1.68. The number of carbonyl (C=O) groups is 1. The van der Waals surface area contributed by atoms with Crippen LogP contribution in [-0.4, -0.2) is 11.0 Å². The molecular weight excluding hydrogens is 281 g/mol. The fourth-order valence-electron chi connectivity index (χ4n) is 2.23. The first-order chi connectivity index (χ1) is 10.7. The Hall–Kier alpha value is -2.95. The quantitative estimate of drug-likeness (QED) is 0.774. The number of urea groups is 1. The lowest BCUT2D eigenvalue weighted by molar-refractivity contribution is 0.251. The van der Waals surface area contributed by atoms with Gasteiger partial charge in [0, 0.05) is 17.3 Å². The third-order valence-electron chi connectivity index (χ3n) is 3.26. The Kier molecular flexibility index (Phi) is 3.96. The van der Waals surface area contributed by atoms with E-state index in [1.165, 1.54) is 18.2 Å². The number of aromatic nitrogens is 1. The number of benzene rings is 2. The van der Waals surface area contributed by atoms with Crippen molar-refractivity contribution in [2.45, 2.75) is 6.54 Å². The Bertz CT molecular complexity index is 814. The molecule has 0 aliphatic rings. The lowest BCUT2D eigenvalue weighted by Gasteiger charge is -2.09. The number of amides is 2. The van der Waals surface area contributed by atoms with Crippen LogP contribution in [0.15, 0.2) is 60.8 Å². The molecule has 0 unspecified atom stereocenters. The molecule has 0 aliphatic carbocycles. The average molecular weight is 295 g/mol. The monoisotopic (exact) mass is 295 g/mol. The van der Waals surface area contributed by atoms with Crippen molar-refractivity contribution in [1.82, 2.24) is 10.3 Å². The summed E-state index contributed by atoms with van der Waals surface area (Å²) in [5.74, 6) is -0.395. The van der Waals surface area contributed by atoms with Gasteiger partial charge in [-0.25, -0.2) is 9.18 Å². The molecule has 0 bridgehead atoms. The highest BCUT2D eigenvalue weighted by molar-refractivity contribution is 5.90. The van der Waals surface area contributed by atoms with Crippen molar-refractivity contribution in [3.8, 4) is 0 Å². The summed E-state index contributed by atoms with van der Waals surface area (Å²) in [5.41, 5.74) is 1.19. The van der Waals surface area contributed by atoms with E-state index >= 15 is 0 Å². The Morgan fingerprint density at radius 2 is 1.95 bits per heavy atom. The summed E-state index contributed by atoms with van der Waals surface area (Å²) in [4.78, 5) is 16.2. The number of nitrogens with zero attached hydrogens (tertiary/aromatic N) is 1. The van der Waals surface area contributed by atoms with Gasteiger partial charge in [-0.05, 0) is 29.7 Å². The lowest BCUT2D eigenvalue weighted by atomic mass is 10.1. The minimum atomic E-state index is -0.402. The summed E-state index contributed by atoms with van der Waals surface area (Å²) in [7, 11) is 0. The zero-order valence-electron chi connectivity index (χ0n) is 11.7. The number of carbonyl (C=O) groups excluding carboxylic acids is 1. The van der Waals surface area contributed by atoms with Gasteiger partial charge in [0.25, 0.3) is 0 Å². The maximum Gasteiger partial charge on any atom is 0.319 e. The fraction of sp³-hybridized carbons (Fsp3) is 0.0588. The molecule has 0 atom stereocenters. The molecule has 0 saturated carbocycles. The molecule has 2 N–H and O–H groups in total. The van der Waals surface area contributed by atoms with Crippen LogP contribution in [0.3, 0.4) is 0 Å². The van der Waals surface area contributed by atoms with E-state index in [2.05, 4.69) is 15.6 Å².